The van der Waals surface area contributed by atoms with E-state index in [0.29, 0.717) is 13.0 Å². The molecule has 0 amide bonds. The maximum atomic E-state index is 12.4. The van der Waals surface area contributed by atoms with Gasteiger partial charge in [0, 0.05) is 13.2 Å². The number of hydrogen-bond acceptors (Lipinski definition) is 7. The van der Waals surface area contributed by atoms with Crippen LogP contribution < -0.4 is 0 Å². The van der Waals surface area contributed by atoms with E-state index in [1.165, 1.54) is 0 Å². The van der Waals surface area contributed by atoms with E-state index in [4.69, 9.17) is 22.5 Å². The SMILES string of the molecule is CC(C)(C)[Si](C)(C)OCC[C@H](OS(C)(=O)=O)[C@H]1O[C@H]2CCCO[C@@H]2CC[C@@H]1O[Si](C)(C)C(C)(C)C. The van der Waals surface area contributed by atoms with Crippen LogP contribution in [0, 0.1) is 0 Å². The summed E-state index contributed by atoms with van der Waals surface area (Å²) < 4.78 is 56.5. The average Bonchev–Trinajstić information content (AvgIpc) is 2.84. The Balaban J connectivity index is 2.34. The lowest BCUT2D eigenvalue weighted by atomic mass is 9.99. The molecule has 0 aromatic rings. The summed E-state index contributed by atoms with van der Waals surface area (Å²) in [7, 11) is -7.84. The highest BCUT2D eigenvalue weighted by Crippen LogP contribution is 2.41. The molecule has 208 valence electrons. The van der Waals surface area contributed by atoms with E-state index in [-0.39, 0.29) is 28.4 Å². The van der Waals surface area contributed by atoms with Gasteiger partial charge in [0.2, 0.25) is 0 Å². The molecule has 0 saturated carbocycles. The summed E-state index contributed by atoms with van der Waals surface area (Å²) in [6, 6.07) is 0. The van der Waals surface area contributed by atoms with Crippen molar-refractivity contribution in [1.82, 2.24) is 0 Å². The summed E-state index contributed by atoms with van der Waals surface area (Å²) in [6.07, 6.45) is 3.48. The molecule has 0 N–H and O–H groups in total. The fraction of sp³-hybridized carbons (Fsp3) is 1.00. The minimum atomic E-state index is -3.70. The van der Waals surface area contributed by atoms with Crippen LogP contribution in [0.15, 0.2) is 0 Å². The largest absolute Gasteiger partial charge is 0.417 e. The third-order valence-corrected chi connectivity index (χ3v) is 18.0. The normalized spacial score (nSPS) is 28.3. The number of ether oxygens (including phenoxy) is 2. The van der Waals surface area contributed by atoms with Crippen molar-refractivity contribution in [2.24, 2.45) is 0 Å². The van der Waals surface area contributed by atoms with Gasteiger partial charge in [0.15, 0.2) is 16.6 Å². The predicted molar refractivity (Wildman–Crippen MR) is 146 cm³/mol. The molecule has 5 atom stereocenters. The molecule has 2 rings (SSSR count). The van der Waals surface area contributed by atoms with Crippen LogP contribution in [0.3, 0.4) is 0 Å². The quantitative estimate of drug-likeness (QED) is 0.262. The van der Waals surface area contributed by atoms with Gasteiger partial charge in [-0.25, -0.2) is 0 Å². The zero-order valence-electron chi connectivity index (χ0n) is 24.1. The molecule has 2 aliphatic heterocycles. The second-order valence-electron chi connectivity index (χ2n) is 13.4. The molecule has 0 aliphatic carbocycles. The first-order chi connectivity index (χ1) is 15.7. The topological polar surface area (TPSA) is 80.3 Å². The monoisotopic (exact) mass is 552 g/mol. The third-order valence-electron chi connectivity index (χ3n) is 8.40. The standard InChI is InChI=1S/C25H52O7SSi2/c1-24(2,3)34(8,9)29-18-16-21(31-33(7,26)27)23-22(32-35(10,11)25(4,5)6)15-14-19-20(30-23)13-12-17-28-19/h19-23H,12-18H2,1-11H3/t19-,20+,21+,22+,23-/m1/s1. The van der Waals surface area contributed by atoms with Crippen molar-refractivity contribution >= 4 is 26.8 Å². The van der Waals surface area contributed by atoms with Crippen LogP contribution in [0.2, 0.25) is 36.3 Å². The summed E-state index contributed by atoms with van der Waals surface area (Å²) in [5.74, 6) is 0. The highest BCUT2D eigenvalue weighted by atomic mass is 32.2. The minimum absolute atomic E-state index is 0.0154. The van der Waals surface area contributed by atoms with Gasteiger partial charge in [0.25, 0.3) is 10.1 Å². The molecule has 2 fully saturated rings. The zero-order valence-corrected chi connectivity index (χ0v) is 26.9. The Bertz CT molecular complexity index is 787. The molecule has 2 heterocycles. The molecule has 10 heteroatoms. The predicted octanol–water partition coefficient (Wildman–Crippen LogP) is 5.86. The van der Waals surface area contributed by atoms with E-state index in [0.717, 1.165) is 38.5 Å². The summed E-state index contributed by atoms with van der Waals surface area (Å²) in [5, 5.41) is 0.0887. The number of hydrogen-bond donors (Lipinski definition) is 0. The molecule has 0 unspecified atom stereocenters. The summed E-state index contributed by atoms with van der Waals surface area (Å²) in [4.78, 5) is 0. The second-order valence-corrected chi connectivity index (χ2v) is 24.6. The fourth-order valence-electron chi connectivity index (χ4n) is 4.17. The van der Waals surface area contributed by atoms with Crippen molar-refractivity contribution in [3.05, 3.63) is 0 Å². The summed E-state index contributed by atoms with van der Waals surface area (Å²) >= 11 is 0. The van der Waals surface area contributed by atoms with E-state index in [1.54, 1.807) is 0 Å². The van der Waals surface area contributed by atoms with Gasteiger partial charge in [-0.05, 0) is 68.4 Å². The van der Waals surface area contributed by atoms with Crippen molar-refractivity contribution in [3.8, 4) is 0 Å². The lowest BCUT2D eigenvalue weighted by Gasteiger charge is -2.43. The molecular weight excluding hydrogens is 501 g/mol. The third kappa shape index (κ3) is 8.87. The van der Waals surface area contributed by atoms with Crippen LogP contribution in [0.4, 0.5) is 0 Å². The first-order valence-electron chi connectivity index (χ1n) is 13.2. The van der Waals surface area contributed by atoms with Crippen molar-refractivity contribution in [1.29, 1.82) is 0 Å². The van der Waals surface area contributed by atoms with Gasteiger partial charge in [-0.3, -0.25) is 4.18 Å². The van der Waals surface area contributed by atoms with Crippen LogP contribution in [0.1, 0.15) is 73.6 Å². The summed E-state index contributed by atoms with van der Waals surface area (Å²) in [5.41, 5.74) is 0. The highest BCUT2D eigenvalue weighted by Gasteiger charge is 2.47. The molecule has 0 radical (unpaired) electrons. The van der Waals surface area contributed by atoms with Crippen molar-refractivity contribution in [2.75, 3.05) is 19.5 Å². The average molecular weight is 553 g/mol. The van der Waals surface area contributed by atoms with Crippen LogP contribution in [0.25, 0.3) is 0 Å². The van der Waals surface area contributed by atoms with Crippen molar-refractivity contribution in [3.63, 3.8) is 0 Å². The minimum Gasteiger partial charge on any atom is -0.417 e. The van der Waals surface area contributed by atoms with Gasteiger partial charge >= 0.3 is 0 Å². The molecule has 0 aromatic heterocycles. The van der Waals surface area contributed by atoms with Crippen molar-refractivity contribution in [2.45, 2.75) is 140 Å². The Morgan fingerprint density at radius 2 is 1.51 bits per heavy atom. The Kier molecular flexibility index (Phi) is 10.3. The van der Waals surface area contributed by atoms with Gasteiger partial charge in [-0.2, -0.15) is 8.42 Å². The van der Waals surface area contributed by atoms with Gasteiger partial charge in [0.05, 0.1) is 24.6 Å². The maximum absolute atomic E-state index is 12.4. The van der Waals surface area contributed by atoms with Crippen LogP contribution in [-0.4, -0.2) is 75.0 Å². The molecule has 2 saturated heterocycles. The Labute approximate surface area is 217 Å². The van der Waals surface area contributed by atoms with Crippen molar-refractivity contribution < 1.29 is 30.9 Å². The Hall–Kier alpha value is 0.184. The van der Waals surface area contributed by atoms with Gasteiger partial charge < -0.3 is 18.3 Å². The number of fused-ring (bicyclic) bond motifs is 1. The lowest BCUT2D eigenvalue weighted by molar-refractivity contribution is -0.156. The van der Waals surface area contributed by atoms with E-state index in [1.807, 2.05) is 0 Å². The van der Waals surface area contributed by atoms with Crippen LogP contribution in [-0.2, 0) is 32.6 Å². The Morgan fingerprint density at radius 3 is 2.06 bits per heavy atom. The molecule has 7 nitrogen and oxygen atoms in total. The summed E-state index contributed by atoms with van der Waals surface area (Å²) in [6.45, 7) is 23.3. The van der Waals surface area contributed by atoms with Crippen LogP contribution in [0.5, 0.6) is 0 Å². The smallest absolute Gasteiger partial charge is 0.264 e. The zero-order chi connectivity index (χ0) is 26.9. The van der Waals surface area contributed by atoms with Crippen LogP contribution >= 0.6 is 0 Å². The fourth-order valence-corrected chi connectivity index (χ4v) is 7.24. The van der Waals surface area contributed by atoms with E-state index >= 15 is 0 Å². The lowest BCUT2D eigenvalue weighted by Crippen LogP contribution is -2.52. The van der Waals surface area contributed by atoms with Gasteiger partial charge in [-0.1, -0.05) is 41.5 Å². The number of rotatable bonds is 9. The maximum Gasteiger partial charge on any atom is 0.264 e. The van der Waals surface area contributed by atoms with E-state index < -0.39 is 39.0 Å². The molecular formula is C25H52O7SSi2. The van der Waals surface area contributed by atoms with Gasteiger partial charge in [-0.15, -0.1) is 0 Å². The Morgan fingerprint density at radius 1 is 0.914 bits per heavy atom. The molecule has 35 heavy (non-hydrogen) atoms. The molecule has 0 bridgehead atoms. The van der Waals surface area contributed by atoms with Gasteiger partial charge in [0.1, 0.15) is 12.2 Å². The highest BCUT2D eigenvalue weighted by molar-refractivity contribution is 7.86. The molecule has 0 spiro atoms. The molecule has 0 aromatic carbocycles. The second kappa shape index (κ2) is 11.5. The van der Waals surface area contributed by atoms with E-state index in [2.05, 4.69) is 67.7 Å². The molecule has 2 aliphatic rings. The first kappa shape index (κ1) is 31.4. The first-order valence-corrected chi connectivity index (χ1v) is 20.8. The van der Waals surface area contributed by atoms with E-state index in [9.17, 15) is 8.42 Å².